The van der Waals surface area contributed by atoms with Crippen LogP contribution in [0.1, 0.15) is 16.7 Å². The fourth-order valence-corrected chi connectivity index (χ4v) is 7.19. The quantitative estimate of drug-likeness (QED) is 0.196. The average Bonchev–Trinajstić information content (AvgIpc) is 3.39. The van der Waals surface area contributed by atoms with Crippen LogP contribution in [0.3, 0.4) is 0 Å². The topological polar surface area (TPSA) is 0 Å². The Morgan fingerprint density at radius 1 is 0.585 bits per heavy atom. The molecule has 0 unspecified atom stereocenters. The van der Waals surface area contributed by atoms with Crippen molar-refractivity contribution in [1.82, 2.24) is 0 Å². The van der Waals surface area contributed by atoms with Crippen molar-refractivity contribution in [2.75, 3.05) is 0 Å². The molecule has 0 saturated heterocycles. The molecule has 0 saturated carbocycles. The Bertz CT molecular complexity index is 2080. The molecule has 0 aliphatic heterocycles. The molecule has 0 fully saturated rings. The maximum Gasteiger partial charge on any atom is 0.0433 e. The summed E-state index contributed by atoms with van der Waals surface area (Å²) in [4.78, 5) is 0. The summed E-state index contributed by atoms with van der Waals surface area (Å²) in [6.07, 6.45) is 0. The highest BCUT2D eigenvalue weighted by Gasteiger charge is 2.14. The highest BCUT2D eigenvalue weighted by Crippen LogP contribution is 2.42. The highest BCUT2D eigenvalue weighted by atomic mass is 35.5. The van der Waals surface area contributed by atoms with Gasteiger partial charge in [-0.25, -0.2) is 0 Å². The van der Waals surface area contributed by atoms with E-state index < -0.39 is 0 Å². The zero-order valence-corrected chi connectivity index (χ0v) is 24.3. The van der Waals surface area contributed by atoms with Gasteiger partial charge in [-0.15, -0.1) is 11.3 Å². The van der Waals surface area contributed by atoms with Crippen molar-refractivity contribution in [2.45, 2.75) is 6.92 Å². The second-order valence-corrected chi connectivity index (χ2v) is 11.9. The predicted molar refractivity (Wildman–Crippen MR) is 180 cm³/mol. The molecule has 7 rings (SSSR count). The lowest BCUT2D eigenvalue weighted by Crippen LogP contribution is -1.93. The van der Waals surface area contributed by atoms with Crippen molar-refractivity contribution < 1.29 is 0 Å². The van der Waals surface area contributed by atoms with Crippen LogP contribution in [0, 0.1) is 6.92 Å². The van der Waals surface area contributed by atoms with E-state index in [0.29, 0.717) is 0 Å². The second kappa shape index (κ2) is 10.5. The Labute approximate surface area is 249 Å². The fraction of sp³-hybridized carbons (Fsp3) is 0.0256. The molecule has 2 heteroatoms. The number of rotatable bonds is 5. The van der Waals surface area contributed by atoms with Gasteiger partial charge in [-0.05, 0) is 86.8 Å². The smallest absolute Gasteiger partial charge is 0.0433 e. The Balaban J connectivity index is 1.29. The van der Waals surface area contributed by atoms with E-state index in [1.165, 1.54) is 53.6 Å². The number of hydrogen-bond donors (Lipinski definition) is 0. The van der Waals surface area contributed by atoms with Gasteiger partial charge in [0.25, 0.3) is 0 Å². The van der Waals surface area contributed by atoms with E-state index >= 15 is 0 Å². The standard InChI is InChI=1S/C39H27ClS/c1-25-22-28(18-20-32(25)35-15-7-6-14-33(35)26(2)27-10-4-3-5-11-27)29-19-21-38-37(24-29)36-17-9-16-34(39(36)41-38)30-12-8-13-31(40)23-30/h3-24H,2H2,1H3. The summed E-state index contributed by atoms with van der Waals surface area (Å²) in [7, 11) is 0. The molecule has 196 valence electrons. The highest BCUT2D eigenvalue weighted by molar-refractivity contribution is 7.26. The third-order valence-corrected chi connectivity index (χ3v) is 9.31. The number of fused-ring (bicyclic) bond motifs is 3. The first-order valence-corrected chi connectivity index (χ1v) is 14.9. The van der Waals surface area contributed by atoms with Crippen LogP contribution in [-0.2, 0) is 0 Å². The molecule has 0 aliphatic carbocycles. The molecule has 0 radical (unpaired) electrons. The van der Waals surface area contributed by atoms with Crippen molar-refractivity contribution >= 4 is 48.7 Å². The average molecular weight is 563 g/mol. The lowest BCUT2D eigenvalue weighted by atomic mass is 9.88. The molecule has 41 heavy (non-hydrogen) atoms. The van der Waals surface area contributed by atoms with E-state index in [1.54, 1.807) is 0 Å². The third-order valence-electron chi connectivity index (χ3n) is 7.86. The van der Waals surface area contributed by atoms with Crippen LogP contribution in [0.4, 0.5) is 0 Å². The van der Waals surface area contributed by atoms with Crippen LogP contribution < -0.4 is 0 Å². The SMILES string of the molecule is C=C(c1ccccc1)c1ccccc1-c1ccc(-c2ccc3sc4c(-c5cccc(Cl)c5)cccc4c3c2)cc1C. The maximum absolute atomic E-state index is 6.33. The molecular weight excluding hydrogens is 536 g/mol. The van der Waals surface area contributed by atoms with Gasteiger partial charge in [0.1, 0.15) is 0 Å². The summed E-state index contributed by atoms with van der Waals surface area (Å²) in [6, 6.07) is 47.4. The van der Waals surface area contributed by atoms with Gasteiger partial charge >= 0.3 is 0 Å². The van der Waals surface area contributed by atoms with Crippen LogP contribution in [0.2, 0.25) is 5.02 Å². The summed E-state index contributed by atoms with van der Waals surface area (Å²) < 4.78 is 2.59. The minimum Gasteiger partial charge on any atom is -0.135 e. The molecule has 0 spiro atoms. The van der Waals surface area contributed by atoms with E-state index in [2.05, 4.69) is 123 Å². The van der Waals surface area contributed by atoms with Crippen molar-refractivity contribution in [2.24, 2.45) is 0 Å². The first-order valence-electron chi connectivity index (χ1n) is 13.7. The van der Waals surface area contributed by atoms with Crippen molar-refractivity contribution in [3.05, 3.63) is 162 Å². The lowest BCUT2D eigenvalue weighted by molar-refractivity contribution is 1.44. The monoisotopic (exact) mass is 562 g/mol. The third kappa shape index (κ3) is 4.68. The molecule has 6 aromatic carbocycles. The van der Waals surface area contributed by atoms with Gasteiger partial charge in [0.2, 0.25) is 0 Å². The van der Waals surface area contributed by atoms with Crippen LogP contribution in [0.5, 0.6) is 0 Å². The molecule has 1 heterocycles. The van der Waals surface area contributed by atoms with Crippen molar-refractivity contribution in [1.29, 1.82) is 0 Å². The molecule has 7 aromatic rings. The minimum absolute atomic E-state index is 0.758. The van der Waals surface area contributed by atoms with Crippen molar-refractivity contribution in [3.63, 3.8) is 0 Å². The summed E-state index contributed by atoms with van der Waals surface area (Å²) in [6.45, 7) is 6.65. The number of halogens is 1. The molecule has 0 aliphatic rings. The van der Waals surface area contributed by atoms with Gasteiger partial charge in [0, 0.05) is 25.2 Å². The van der Waals surface area contributed by atoms with E-state index in [4.69, 9.17) is 11.6 Å². The molecule has 0 atom stereocenters. The first-order chi connectivity index (χ1) is 20.1. The van der Waals surface area contributed by atoms with Crippen LogP contribution in [-0.4, -0.2) is 0 Å². The molecule has 1 aromatic heterocycles. The largest absolute Gasteiger partial charge is 0.135 e. The summed E-state index contributed by atoms with van der Waals surface area (Å²) >= 11 is 8.17. The molecule has 0 N–H and O–H groups in total. The Morgan fingerprint density at radius 2 is 1.32 bits per heavy atom. The number of thiophene rings is 1. The zero-order valence-electron chi connectivity index (χ0n) is 22.7. The normalized spacial score (nSPS) is 11.3. The fourth-order valence-electron chi connectivity index (χ4n) is 5.78. The van der Waals surface area contributed by atoms with Gasteiger partial charge in [0.05, 0.1) is 0 Å². The van der Waals surface area contributed by atoms with Gasteiger partial charge in [0.15, 0.2) is 0 Å². The number of aryl methyl sites for hydroxylation is 1. The van der Waals surface area contributed by atoms with E-state index in [0.717, 1.165) is 27.3 Å². The summed E-state index contributed by atoms with van der Waals surface area (Å²) in [5.41, 5.74) is 11.8. The Morgan fingerprint density at radius 3 is 2.15 bits per heavy atom. The first kappa shape index (κ1) is 25.5. The van der Waals surface area contributed by atoms with Gasteiger partial charge in [-0.2, -0.15) is 0 Å². The Hall–Kier alpha value is -4.43. The maximum atomic E-state index is 6.33. The predicted octanol–water partition coefficient (Wildman–Crippen LogP) is 12.1. The number of benzene rings is 6. The van der Waals surface area contributed by atoms with Crippen molar-refractivity contribution in [3.8, 4) is 33.4 Å². The van der Waals surface area contributed by atoms with E-state index in [1.807, 2.05) is 35.6 Å². The molecule has 0 bridgehead atoms. The van der Waals surface area contributed by atoms with Crippen LogP contribution >= 0.6 is 22.9 Å². The summed E-state index contributed by atoms with van der Waals surface area (Å²) in [5.74, 6) is 0. The molecule has 0 amide bonds. The van der Waals surface area contributed by atoms with Gasteiger partial charge in [-0.3, -0.25) is 0 Å². The minimum atomic E-state index is 0.758. The van der Waals surface area contributed by atoms with E-state index in [9.17, 15) is 0 Å². The lowest BCUT2D eigenvalue weighted by Gasteiger charge is -2.15. The van der Waals surface area contributed by atoms with Crippen LogP contribution in [0.25, 0.3) is 59.1 Å². The second-order valence-electron chi connectivity index (χ2n) is 10.4. The molecule has 0 nitrogen and oxygen atoms in total. The van der Waals surface area contributed by atoms with Crippen LogP contribution in [0.15, 0.2) is 140 Å². The number of hydrogen-bond acceptors (Lipinski definition) is 1. The zero-order chi connectivity index (χ0) is 27.9. The summed E-state index contributed by atoms with van der Waals surface area (Å²) in [5, 5.41) is 3.33. The van der Waals surface area contributed by atoms with Gasteiger partial charge in [-0.1, -0.05) is 127 Å². The molecular formula is C39H27ClS. The van der Waals surface area contributed by atoms with Gasteiger partial charge < -0.3 is 0 Å². The van der Waals surface area contributed by atoms with E-state index in [-0.39, 0.29) is 0 Å². The Kier molecular flexibility index (Phi) is 6.55.